The van der Waals surface area contributed by atoms with Crippen LogP contribution in [0.25, 0.3) is 0 Å². The summed E-state index contributed by atoms with van der Waals surface area (Å²) < 4.78 is 63.6. The van der Waals surface area contributed by atoms with E-state index in [0.29, 0.717) is 43.5 Å². The van der Waals surface area contributed by atoms with E-state index in [1.807, 2.05) is 0 Å². The second kappa shape index (κ2) is 10.6. The average molecular weight is 490 g/mol. The number of nitrogens with one attached hydrogen (secondary N) is 1. The summed E-state index contributed by atoms with van der Waals surface area (Å²) in [6, 6.07) is 8.08. The van der Waals surface area contributed by atoms with E-state index in [9.17, 15) is 17.6 Å². The Balaban J connectivity index is 1.45. The molecule has 0 atom stereocenters. The van der Waals surface area contributed by atoms with Crippen molar-refractivity contribution in [3.05, 3.63) is 65.5 Å². The normalized spacial score (nSPS) is 14.4. The van der Waals surface area contributed by atoms with Gasteiger partial charge in [-0.25, -0.2) is 19.3 Å². The van der Waals surface area contributed by atoms with E-state index in [4.69, 9.17) is 9.47 Å². The molecule has 0 saturated carbocycles. The Hall–Kier alpha value is -3.80. The fourth-order valence-corrected chi connectivity index (χ4v) is 3.39. The van der Waals surface area contributed by atoms with Crippen molar-refractivity contribution in [3.8, 4) is 5.88 Å². The Kier molecular flexibility index (Phi) is 7.39. The molecule has 2 aromatic heterocycles. The lowest BCUT2D eigenvalue weighted by Crippen LogP contribution is -2.37. The van der Waals surface area contributed by atoms with Gasteiger partial charge in [0.25, 0.3) is 0 Å². The SMILES string of the molecule is COc1nc(C=NCc2ncc(F)c(N3CCOCC3)n2)ccc1Nc1cccc(C(F)(F)F)c1. The number of nitrogens with zero attached hydrogens (tertiary/aromatic N) is 5. The molecule has 1 aliphatic heterocycles. The number of halogens is 4. The lowest BCUT2D eigenvalue weighted by atomic mass is 10.2. The maximum Gasteiger partial charge on any atom is 0.416 e. The maximum atomic E-state index is 14.2. The number of hydrogen-bond donors (Lipinski definition) is 1. The highest BCUT2D eigenvalue weighted by Gasteiger charge is 2.30. The Bertz CT molecular complexity index is 1200. The van der Waals surface area contributed by atoms with Crippen LogP contribution in [0.15, 0.2) is 47.6 Å². The summed E-state index contributed by atoms with van der Waals surface area (Å²) in [6.07, 6.45) is -1.84. The van der Waals surface area contributed by atoms with E-state index in [0.717, 1.165) is 18.3 Å². The zero-order chi connectivity index (χ0) is 24.8. The quantitative estimate of drug-likeness (QED) is 0.392. The zero-order valence-corrected chi connectivity index (χ0v) is 18.7. The molecule has 3 heterocycles. The number of methoxy groups -OCH3 is 1. The van der Waals surface area contributed by atoms with Crippen molar-refractivity contribution in [1.82, 2.24) is 15.0 Å². The molecule has 3 aromatic rings. The van der Waals surface area contributed by atoms with Gasteiger partial charge in [0.1, 0.15) is 5.69 Å². The molecule has 1 saturated heterocycles. The van der Waals surface area contributed by atoms with Gasteiger partial charge in [0, 0.05) is 25.0 Å². The molecule has 4 rings (SSSR count). The van der Waals surface area contributed by atoms with Crippen molar-refractivity contribution in [2.24, 2.45) is 4.99 Å². The van der Waals surface area contributed by atoms with Crippen molar-refractivity contribution in [3.63, 3.8) is 0 Å². The molecule has 1 aliphatic rings. The molecule has 0 bridgehead atoms. The van der Waals surface area contributed by atoms with Gasteiger partial charge in [-0.3, -0.25) is 4.99 Å². The summed E-state index contributed by atoms with van der Waals surface area (Å²) >= 11 is 0. The minimum absolute atomic E-state index is 0.103. The number of pyridine rings is 1. The number of ether oxygens (including phenoxy) is 2. The Labute approximate surface area is 198 Å². The largest absolute Gasteiger partial charge is 0.480 e. The molecule has 1 N–H and O–H groups in total. The molecule has 8 nitrogen and oxygen atoms in total. The van der Waals surface area contributed by atoms with Gasteiger partial charge in [0.15, 0.2) is 17.5 Å². The Morgan fingerprint density at radius 1 is 1.17 bits per heavy atom. The summed E-state index contributed by atoms with van der Waals surface area (Å²) in [5.41, 5.74) is 0.316. The predicted octanol–water partition coefficient (Wildman–Crippen LogP) is 4.24. The zero-order valence-electron chi connectivity index (χ0n) is 18.7. The van der Waals surface area contributed by atoms with Crippen molar-refractivity contribution >= 4 is 23.4 Å². The van der Waals surface area contributed by atoms with Crippen LogP contribution in [0.2, 0.25) is 0 Å². The molecular formula is C23H22F4N6O2. The van der Waals surface area contributed by atoms with Crippen LogP contribution in [0, 0.1) is 5.82 Å². The first-order valence-corrected chi connectivity index (χ1v) is 10.7. The van der Waals surface area contributed by atoms with E-state index in [1.165, 1.54) is 25.5 Å². The molecule has 0 radical (unpaired) electrons. The molecule has 0 amide bonds. The third kappa shape index (κ3) is 6.21. The number of benzene rings is 1. The van der Waals surface area contributed by atoms with Crippen LogP contribution in [0.5, 0.6) is 5.88 Å². The summed E-state index contributed by atoms with van der Waals surface area (Å²) in [4.78, 5) is 18.7. The maximum absolute atomic E-state index is 14.2. The molecule has 35 heavy (non-hydrogen) atoms. The van der Waals surface area contributed by atoms with Gasteiger partial charge in [0.05, 0.1) is 44.3 Å². The van der Waals surface area contributed by atoms with Gasteiger partial charge in [-0.2, -0.15) is 13.2 Å². The number of anilines is 3. The summed E-state index contributed by atoms with van der Waals surface area (Å²) in [6.45, 7) is 2.19. The number of rotatable bonds is 7. The number of alkyl halides is 3. The van der Waals surface area contributed by atoms with E-state index in [2.05, 4.69) is 25.3 Å². The van der Waals surface area contributed by atoms with Crippen molar-refractivity contribution in [2.45, 2.75) is 12.7 Å². The highest BCUT2D eigenvalue weighted by atomic mass is 19.4. The predicted molar refractivity (Wildman–Crippen MR) is 122 cm³/mol. The van der Waals surface area contributed by atoms with Crippen LogP contribution < -0.4 is 15.0 Å². The van der Waals surface area contributed by atoms with Crippen molar-refractivity contribution in [1.29, 1.82) is 0 Å². The highest BCUT2D eigenvalue weighted by Crippen LogP contribution is 2.32. The lowest BCUT2D eigenvalue weighted by molar-refractivity contribution is -0.137. The third-order valence-corrected chi connectivity index (χ3v) is 5.09. The van der Waals surface area contributed by atoms with Crippen LogP contribution in [0.4, 0.5) is 34.8 Å². The van der Waals surface area contributed by atoms with Gasteiger partial charge >= 0.3 is 6.18 Å². The van der Waals surface area contributed by atoms with Crippen LogP contribution in [-0.2, 0) is 17.5 Å². The monoisotopic (exact) mass is 490 g/mol. The summed E-state index contributed by atoms with van der Waals surface area (Å²) in [5, 5.41) is 2.89. The Morgan fingerprint density at radius 3 is 2.71 bits per heavy atom. The topological polar surface area (TPSA) is 84.8 Å². The van der Waals surface area contributed by atoms with Crippen molar-refractivity contribution in [2.75, 3.05) is 43.6 Å². The molecule has 1 aromatic carbocycles. The van der Waals surface area contributed by atoms with Gasteiger partial charge in [0.2, 0.25) is 5.88 Å². The van der Waals surface area contributed by atoms with E-state index >= 15 is 0 Å². The second-order valence-corrected chi connectivity index (χ2v) is 7.52. The number of hydrogen-bond acceptors (Lipinski definition) is 8. The fraction of sp³-hybridized carbons (Fsp3) is 0.304. The third-order valence-electron chi connectivity index (χ3n) is 5.09. The van der Waals surface area contributed by atoms with Crippen LogP contribution in [-0.4, -0.2) is 54.6 Å². The average Bonchev–Trinajstić information content (AvgIpc) is 2.86. The number of aliphatic imine (C=N–C) groups is 1. The Morgan fingerprint density at radius 2 is 1.97 bits per heavy atom. The number of aromatic nitrogens is 3. The van der Waals surface area contributed by atoms with E-state index in [-0.39, 0.29) is 23.9 Å². The van der Waals surface area contributed by atoms with E-state index in [1.54, 1.807) is 17.0 Å². The summed E-state index contributed by atoms with van der Waals surface area (Å²) in [5.74, 6) is 0.242. The molecule has 0 spiro atoms. The second-order valence-electron chi connectivity index (χ2n) is 7.52. The van der Waals surface area contributed by atoms with E-state index < -0.39 is 17.6 Å². The van der Waals surface area contributed by atoms with Gasteiger partial charge < -0.3 is 19.7 Å². The first-order chi connectivity index (χ1) is 16.8. The molecule has 0 aliphatic carbocycles. The minimum Gasteiger partial charge on any atom is -0.480 e. The fourth-order valence-electron chi connectivity index (χ4n) is 3.39. The van der Waals surface area contributed by atoms with Crippen LogP contribution in [0.1, 0.15) is 17.1 Å². The first-order valence-electron chi connectivity index (χ1n) is 10.7. The smallest absolute Gasteiger partial charge is 0.416 e. The lowest BCUT2D eigenvalue weighted by Gasteiger charge is -2.28. The molecule has 0 unspecified atom stereocenters. The van der Waals surface area contributed by atoms with Crippen LogP contribution >= 0.6 is 0 Å². The first kappa shape index (κ1) is 24.3. The van der Waals surface area contributed by atoms with Gasteiger partial charge in [-0.05, 0) is 30.3 Å². The standard InChI is InChI=1S/C23H22F4N6O2/c1-34-22-19(30-16-4-2-3-15(11-16)23(25,26)27)6-5-17(31-22)12-28-14-20-29-13-18(24)21(32-20)33-7-9-35-10-8-33/h2-6,11-13,30H,7-10,14H2,1H3. The summed E-state index contributed by atoms with van der Waals surface area (Å²) in [7, 11) is 1.40. The van der Waals surface area contributed by atoms with Gasteiger partial charge in [-0.15, -0.1) is 0 Å². The molecule has 12 heteroatoms. The van der Waals surface area contributed by atoms with Crippen molar-refractivity contribution < 1.29 is 27.0 Å². The molecule has 184 valence electrons. The highest BCUT2D eigenvalue weighted by molar-refractivity contribution is 5.79. The van der Waals surface area contributed by atoms with Crippen LogP contribution in [0.3, 0.4) is 0 Å². The minimum atomic E-state index is -4.45. The number of morpholine rings is 1. The molecule has 1 fully saturated rings. The molecular weight excluding hydrogens is 468 g/mol. The van der Waals surface area contributed by atoms with Gasteiger partial charge in [-0.1, -0.05) is 6.07 Å².